The molecule has 0 aromatic carbocycles. The van der Waals surface area contributed by atoms with Crippen molar-refractivity contribution in [2.24, 2.45) is 0 Å². The minimum atomic E-state index is 0.143. The van der Waals surface area contributed by atoms with Crippen LogP contribution in [0.5, 0.6) is 0 Å². The smallest absolute Gasteiger partial charge is 0.236 e. The Morgan fingerprint density at radius 3 is 2.26 bits per heavy atom. The number of carbonyl (C=O) groups excluding carboxylic acids is 2. The van der Waals surface area contributed by atoms with Crippen LogP contribution in [0.2, 0.25) is 0 Å². The molecule has 1 N–H and O–H groups in total. The molecule has 2 saturated heterocycles. The molecule has 0 saturated carbocycles. The molecular weight excluding hydrogens is 246 g/mol. The van der Waals surface area contributed by atoms with Crippen LogP contribution in [-0.2, 0) is 14.3 Å². The van der Waals surface area contributed by atoms with E-state index in [4.69, 9.17) is 4.74 Å². The van der Waals surface area contributed by atoms with Gasteiger partial charge in [0.15, 0.2) is 0 Å². The van der Waals surface area contributed by atoms with Crippen LogP contribution in [0.15, 0.2) is 0 Å². The van der Waals surface area contributed by atoms with E-state index in [-0.39, 0.29) is 11.8 Å². The predicted molar refractivity (Wildman–Crippen MR) is 70.7 cm³/mol. The molecule has 6 nitrogen and oxygen atoms in total. The van der Waals surface area contributed by atoms with Crippen LogP contribution >= 0.6 is 0 Å². The van der Waals surface area contributed by atoms with Gasteiger partial charge in [-0.25, -0.2) is 0 Å². The summed E-state index contributed by atoms with van der Waals surface area (Å²) in [5.41, 5.74) is 0. The highest BCUT2D eigenvalue weighted by molar-refractivity contribution is 5.79. The fraction of sp³-hybridized carbons (Fsp3) is 0.846. The molecule has 2 rings (SSSR count). The van der Waals surface area contributed by atoms with Gasteiger partial charge in [0.05, 0.1) is 19.8 Å². The average Bonchev–Trinajstić information content (AvgIpc) is 2.98. The second-order valence-corrected chi connectivity index (χ2v) is 5.01. The monoisotopic (exact) mass is 269 g/mol. The van der Waals surface area contributed by atoms with E-state index in [0.29, 0.717) is 45.8 Å². The van der Waals surface area contributed by atoms with Gasteiger partial charge in [0.1, 0.15) is 0 Å². The molecule has 0 aromatic heterocycles. The lowest BCUT2D eigenvalue weighted by Gasteiger charge is -2.26. The van der Waals surface area contributed by atoms with Gasteiger partial charge in [-0.15, -0.1) is 0 Å². The Morgan fingerprint density at radius 2 is 1.58 bits per heavy atom. The Labute approximate surface area is 114 Å². The topological polar surface area (TPSA) is 61.9 Å². The van der Waals surface area contributed by atoms with Gasteiger partial charge in [-0.1, -0.05) is 0 Å². The van der Waals surface area contributed by atoms with E-state index in [2.05, 4.69) is 5.32 Å². The Bertz CT molecular complexity index is 310. The van der Waals surface area contributed by atoms with E-state index in [9.17, 15) is 9.59 Å². The molecule has 108 valence electrons. The third-order valence-corrected chi connectivity index (χ3v) is 3.61. The molecule has 0 spiro atoms. The van der Waals surface area contributed by atoms with E-state index in [1.165, 1.54) is 0 Å². The van der Waals surface area contributed by atoms with Crippen molar-refractivity contribution in [3.05, 3.63) is 0 Å². The summed E-state index contributed by atoms with van der Waals surface area (Å²) < 4.78 is 5.20. The van der Waals surface area contributed by atoms with Gasteiger partial charge in [-0.3, -0.25) is 9.59 Å². The van der Waals surface area contributed by atoms with Gasteiger partial charge >= 0.3 is 0 Å². The van der Waals surface area contributed by atoms with Gasteiger partial charge in [-0.05, 0) is 12.8 Å². The highest BCUT2D eigenvalue weighted by Crippen LogP contribution is 2.06. The first-order chi connectivity index (χ1) is 9.27. The normalized spacial score (nSPS) is 19.8. The van der Waals surface area contributed by atoms with Crippen molar-refractivity contribution in [2.75, 3.05) is 52.5 Å². The molecule has 0 atom stereocenters. The zero-order chi connectivity index (χ0) is 13.5. The number of likely N-dealkylation sites (tertiary alicyclic amines) is 1. The SMILES string of the molecule is O=C(CCNCC(=O)N1CCCC1)N1CCOCC1. The van der Waals surface area contributed by atoms with Crippen LogP contribution in [0, 0.1) is 0 Å². The molecule has 2 amide bonds. The lowest BCUT2D eigenvalue weighted by Crippen LogP contribution is -2.42. The molecule has 2 fully saturated rings. The van der Waals surface area contributed by atoms with Gasteiger partial charge in [0, 0.05) is 39.1 Å². The molecular formula is C13H23N3O3. The van der Waals surface area contributed by atoms with Crippen molar-refractivity contribution in [1.82, 2.24) is 15.1 Å². The Balaban J connectivity index is 1.55. The second-order valence-electron chi connectivity index (χ2n) is 5.01. The van der Waals surface area contributed by atoms with Crippen molar-refractivity contribution in [1.29, 1.82) is 0 Å². The van der Waals surface area contributed by atoms with E-state index in [1.807, 2.05) is 9.80 Å². The standard InChI is InChI=1S/C13H23N3O3/c17-12(16-7-9-19-10-8-16)3-4-14-11-13(18)15-5-1-2-6-15/h14H,1-11H2. The van der Waals surface area contributed by atoms with Crippen molar-refractivity contribution >= 4 is 11.8 Å². The molecule has 2 aliphatic rings. The first-order valence-electron chi connectivity index (χ1n) is 7.11. The van der Waals surface area contributed by atoms with Gasteiger partial charge in [-0.2, -0.15) is 0 Å². The maximum absolute atomic E-state index is 11.8. The number of amides is 2. The van der Waals surface area contributed by atoms with Crippen LogP contribution in [-0.4, -0.2) is 74.1 Å². The Morgan fingerprint density at radius 1 is 0.947 bits per heavy atom. The van der Waals surface area contributed by atoms with Crippen LogP contribution in [0.1, 0.15) is 19.3 Å². The quantitative estimate of drug-likeness (QED) is 0.680. The van der Waals surface area contributed by atoms with Crippen LogP contribution in [0.4, 0.5) is 0 Å². The summed E-state index contributed by atoms with van der Waals surface area (Å²) in [7, 11) is 0. The summed E-state index contributed by atoms with van der Waals surface area (Å²) in [4.78, 5) is 27.3. The van der Waals surface area contributed by atoms with Crippen LogP contribution in [0.3, 0.4) is 0 Å². The number of nitrogens with zero attached hydrogens (tertiary/aromatic N) is 2. The molecule has 19 heavy (non-hydrogen) atoms. The molecule has 0 unspecified atom stereocenters. The van der Waals surface area contributed by atoms with Crippen molar-refractivity contribution in [2.45, 2.75) is 19.3 Å². The third kappa shape index (κ3) is 4.47. The Kier molecular flexibility index (Phi) is 5.60. The number of ether oxygens (including phenoxy) is 1. The molecule has 6 heteroatoms. The molecule has 2 heterocycles. The highest BCUT2D eigenvalue weighted by atomic mass is 16.5. The summed E-state index contributed by atoms with van der Waals surface area (Å²) in [5.74, 6) is 0.292. The highest BCUT2D eigenvalue weighted by Gasteiger charge is 2.18. The maximum atomic E-state index is 11.8. The van der Waals surface area contributed by atoms with Crippen molar-refractivity contribution in [3.63, 3.8) is 0 Å². The average molecular weight is 269 g/mol. The number of carbonyl (C=O) groups is 2. The summed E-state index contributed by atoms with van der Waals surface area (Å²) in [6.45, 7) is 5.31. The van der Waals surface area contributed by atoms with Crippen LogP contribution in [0.25, 0.3) is 0 Å². The minimum Gasteiger partial charge on any atom is -0.378 e. The largest absolute Gasteiger partial charge is 0.378 e. The zero-order valence-corrected chi connectivity index (χ0v) is 11.4. The summed E-state index contributed by atoms with van der Waals surface area (Å²) in [6.07, 6.45) is 2.68. The lowest BCUT2D eigenvalue weighted by atomic mass is 10.3. The van der Waals surface area contributed by atoms with Crippen LogP contribution < -0.4 is 5.32 Å². The summed E-state index contributed by atoms with van der Waals surface area (Å²) in [5, 5.41) is 3.06. The number of morpholine rings is 1. The van der Waals surface area contributed by atoms with Gasteiger partial charge in [0.25, 0.3) is 0 Å². The molecule has 0 bridgehead atoms. The number of hydrogen-bond acceptors (Lipinski definition) is 4. The zero-order valence-electron chi connectivity index (χ0n) is 11.4. The molecule has 0 radical (unpaired) electrons. The van der Waals surface area contributed by atoms with Crippen molar-refractivity contribution < 1.29 is 14.3 Å². The maximum Gasteiger partial charge on any atom is 0.236 e. The summed E-state index contributed by atoms with van der Waals surface area (Å²) in [6, 6.07) is 0. The van der Waals surface area contributed by atoms with E-state index >= 15 is 0 Å². The minimum absolute atomic E-state index is 0.143. The lowest BCUT2D eigenvalue weighted by molar-refractivity contribution is -0.135. The fourth-order valence-electron chi connectivity index (χ4n) is 2.44. The van der Waals surface area contributed by atoms with E-state index in [1.54, 1.807) is 0 Å². The first kappa shape index (κ1) is 14.3. The molecule has 0 aromatic rings. The number of rotatable bonds is 5. The van der Waals surface area contributed by atoms with Crippen molar-refractivity contribution in [3.8, 4) is 0 Å². The fourth-order valence-corrected chi connectivity index (χ4v) is 2.44. The summed E-state index contributed by atoms with van der Waals surface area (Å²) >= 11 is 0. The van der Waals surface area contributed by atoms with E-state index < -0.39 is 0 Å². The third-order valence-electron chi connectivity index (χ3n) is 3.61. The number of nitrogens with one attached hydrogen (secondary N) is 1. The Hall–Kier alpha value is -1.14. The van der Waals surface area contributed by atoms with Gasteiger partial charge < -0.3 is 19.9 Å². The predicted octanol–water partition coefficient (Wildman–Crippen LogP) is -0.553. The van der Waals surface area contributed by atoms with E-state index in [0.717, 1.165) is 25.9 Å². The number of hydrogen-bond donors (Lipinski definition) is 1. The molecule has 0 aliphatic carbocycles. The second kappa shape index (κ2) is 7.45. The molecule has 2 aliphatic heterocycles. The first-order valence-corrected chi connectivity index (χ1v) is 7.11. The van der Waals surface area contributed by atoms with Gasteiger partial charge in [0.2, 0.25) is 11.8 Å².